The van der Waals surface area contributed by atoms with E-state index in [1.54, 1.807) is 23.5 Å². The number of likely N-dealkylation sites (N-methyl/N-ethyl adjacent to an activating group) is 1. The number of piperidine rings is 1. The molecule has 3 aliphatic carbocycles. The molecule has 2 N–H and O–H groups in total. The third-order valence-corrected chi connectivity index (χ3v) is 11.5. The lowest BCUT2D eigenvalue weighted by molar-refractivity contribution is -0.212. The first-order valence-electron chi connectivity index (χ1n) is 13.4. The largest absolute Gasteiger partial charge is 0.504 e. The summed E-state index contributed by atoms with van der Waals surface area (Å²) in [5, 5.41) is 25.6. The van der Waals surface area contributed by atoms with E-state index in [1.165, 1.54) is 18.4 Å². The standard InChI is InChI=1S/C29H33BrN2O4S/c1-16-13-29(35)22-11-18-5-7-21(33)26-24(18)28(29,9-10-32(22)14-17-3-4-17)27(36-26)25(16)31(2)23(34)8-6-20-12-19(30)15-37-20/h5-8,12,15-17,22,25,27,33,35H,3-4,9-11,13-14H2,1-2H3/b8-6+/t16-,22+,25-,27-,28-,29+/m0/s1. The molecule has 196 valence electrons. The number of benzene rings is 1. The van der Waals surface area contributed by atoms with E-state index >= 15 is 0 Å². The summed E-state index contributed by atoms with van der Waals surface area (Å²) in [6.45, 7) is 4.10. The zero-order valence-corrected chi connectivity index (χ0v) is 23.6. The number of aromatic hydroxyl groups is 1. The molecule has 0 unspecified atom stereocenters. The Hall–Kier alpha value is -1.87. The van der Waals surface area contributed by atoms with Gasteiger partial charge in [-0.1, -0.05) is 13.0 Å². The maximum Gasteiger partial charge on any atom is 0.246 e. The minimum Gasteiger partial charge on any atom is -0.504 e. The molecule has 1 spiro atoms. The molecule has 0 radical (unpaired) electrons. The average molecular weight is 586 g/mol. The summed E-state index contributed by atoms with van der Waals surface area (Å²) < 4.78 is 7.68. The van der Waals surface area contributed by atoms with Crippen molar-refractivity contribution in [1.29, 1.82) is 0 Å². The number of thiophene rings is 1. The van der Waals surface area contributed by atoms with Crippen LogP contribution >= 0.6 is 27.3 Å². The monoisotopic (exact) mass is 584 g/mol. The van der Waals surface area contributed by atoms with Crippen LogP contribution < -0.4 is 4.74 Å². The number of ether oxygens (including phenoxy) is 1. The summed E-state index contributed by atoms with van der Waals surface area (Å²) in [5.41, 5.74) is 0.582. The molecule has 3 fully saturated rings. The highest BCUT2D eigenvalue weighted by atomic mass is 79.9. The van der Waals surface area contributed by atoms with Gasteiger partial charge in [0.05, 0.1) is 17.1 Å². The molecule has 1 amide bonds. The van der Waals surface area contributed by atoms with Crippen LogP contribution in [0, 0.1) is 11.8 Å². The van der Waals surface area contributed by atoms with Crippen LogP contribution in [0.2, 0.25) is 0 Å². The molecule has 37 heavy (non-hydrogen) atoms. The molecule has 6 atom stereocenters. The van der Waals surface area contributed by atoms with Crippen LogP contribution in [0.15, 0.2) is 34.1 Å². The van der Waals surface area contributed by atoms with Gasteiger partial charge in [0.2, 0.25) is 5.91 Å². The Morgan fingerprint density at radius 1 is 1.38 bits per heavy atom. The summed E-state index contributed by atoms with van der Waals surface area (Å²) in [7, 11) is 1.86. The normalized spacial score (nSPS) is 35.9. The van der Waals surface area contributed by atoms with E-state index in [9.17, 15) is 15.0 Å². The molecule has 1 aromatic carbocycles. The van der Waals surface area contributed by atoms with Gasteiger partial charge in [-0.05, 0) is 90.2 Å². The molecule has 1 saturated heterocycles. The molecule has 8 heteroatoms. The number of halogens is 1. The van der Waals surface area contributed by atoms with Crippen LogP contribution in [0.4, 0.5) is 0 Å². The van der Waals surface area contributed by atoms with Crippen molar-refractivity contribution in [2.24, 2.45) is 11.8 Å². The lowest BCUT2D eigenvalue weighted by Crippen LogP contribution is -2.79. The van der Waals surface area contributed by atoms with Crippen molar-refractivity contribution in [1.82, 2.24) is 9.80 Å². The molecule has 2 aliphatic heterocycles. The van der Waals surface area contributed by atoms with Gasteiger partial charge in [0.15, 0.2) is 11.5 Å². The van der Waals surface area contributed by atoms with Crippen molar-refractivity contribution in [2.45, 2.75) is 68.2 Å². The van der Waals surface area contributed by atoms with Gasteiger partial charge < -0.3 is 19.8 Å². The number of hydrogen-bond acceptors (Lipinski definition) is 6. The fourth-order valence-corrected chi connectivity index (χ4v) is 9.48. The molecule has 7 rings (SSSR count). The van der Waals surface area contributed by atoms with Crippen molar-refractivity contribution in [3.63, 3.8) is 0 Å². The fraction of sp³-hybridized carbons (Fsp3) is 0.552. The quantitative estimate of drug-likeness (QED) is 0.504. The molecular weight excluding hydrogens is 552 g/mol. The van der Waals surface area contributed by atoms with Crippen molar-refractivity contribution in [3.05, 3.63) is 50.1 Å². The highest BCUT2D eigenvalue weighted by Gasteiger charge is 2.74. The van der Waals surface area contributed by atoms with Gasteiger partial charge >= 0.3 is 0 Å². The van der Waals surface area contributed by atoms with Crippen molar-refractivity contribution < 1.29 is 19.7 Å². The Morgan fingerprint density at radius 2 is 2.19 bits per heavy atom. The topological polar surface area (TPSA) is 73.2 Å². The van der Waals surface area contributed by atoms with E-state index < -0.39 is 17.1 Å². The van der Waals surface area contributed by atoms with E-state index in [4.69, 9.17) is 4.74 Å². The van der Waals surface area contributed by atoms with Crippen molar-refractivity contribution in [2.75, 3.05) is 20.1 Å². The number of aliphatic hydroxyl groups is 1. The SMILES string of the molecule is C[C@H]1C[C@@]2(O)[C@H]3Cc4ccc(O)c5c4[C@@]2(CCN3CC2CC2)[C@@H](O5)[C@H]1N(C)C(=O)/C=C/c1cc(Br)cs1. The van der Waals surface area contributed by atoms with Gasteiger partial charge in [-0.3, -0.25) is 9.69 Å². The van der Waals surface area contributed by atoms with E-state index in [0.717, 1.165) is 46.8 Å². The summed E-state index contributed by atoms with van der Waals surface area (Å²) in [5.74, 6) is 1.35. The number of carbonyl (C=O) groups is 1. The number of hydrogen-bond donors (Lipinski definition) is 2. The maximum absolute atomic E-state index is 13.4. The second-order valence-corrected chi connectivity index (χ2v) is 13.8. The third-order valence-electron chi connectivity index (χ3n) is 9.86. The lowest BCUT2D eigenvalue weighted by atomic mass is 9.46. The molecule has 1 aromatic heterocycles. The molecule has 5 aliphatic rings. The Balaban J connectivity index is 1.29. The molecule has 6 nitrogen and oxygen atoms in total. The Kier molecular flexibility index (Phi) is 5.43. The fourth-order valence-electron chi connectivity index (χ4n) is 8.15. The van der Waals surface area contributed by atoms with Gasteiger partial charge in [-0.2, -0.15) is 0 Å². The van der Waals surface area contributed by atoms with E-state index in [1.807, 2.05) is 35.5 Å². The minimum atomic E-state index is -0.963. The van der Waals surface area contributed by atoms with Gasteiger partial charge in [0.25, 0.3) is 0 Å². The second kappa shape index (κ2) is 8.31. The number of likely N-dealkylation sites (tertiary alicyclic amines) is 1. The summed E-state index contributed by atoms with van der Waals surface area (Å²) >= 11 is 5.05. The molecule has 2 aromatic rings. The van der Waals surface area contributed by atoms with Gasteiger partial charge in [0.1, 0.15) is 6.10 Å². The highest BCUT2D eigenvalue weighted by Crippen LogP contribution is 2.66. The van der Waals surface area contributed by atoms with Crippen molar-refractivity contribution in [3.8, 4) is 11.5 Å². The van der Waals surface area contributed by atoms with Crippen LogP contribution in [-0.4, -0.2) is 69.8 Å². The van der Waals surface area contributed by atoms with Crippen molar-refractivity contribution >= 4 is 39.2 Å². The first kappa shape index (κ1) is 24.2. The maximum atomic E-state index is 13.4. The van der Waals surface area contributed by atoms with Crippen LogP contribution in [0.1, 0.15) is 48.6 Å². The third kappa shape index (κ3) is 3.38. The summed E-state index contributed by atoms with van der Waals surface area (Å²) in [4.78, 5) is 18.8. The first-order valence-corrected chi connectivity index (χ1v) is 15.1. The minimum absolute atomic E-state index is 0.0255. The predicted octanol–water partition coefficient (Wildman–Crippen LogP) is 4.57. The van der Waals surface area contributed by atoms with Crippen LogP contribution in [0.5, 0.6) is 11.5 Å². The first-order chi connectivity index (χ1) is 17.7. The Bertz CT molecular complexity index is 1310. The molecular formula is C29H33BrN2O4S. The summed E-state index contributed by atoms with van der Waals surface area (Å²) in [6.07, 6.45) is 7.81. The van der Waals surface area contributed by atoms with Gasteiger partial charge in [-0.25, -0.2) is 0 Å². The van der Waals surface area contributed by atoms with E-state index in [2.05, 4.69) is 27.8 Å². The molecule has 2 bridgehead atoms. The number of amides is 1. The van der Waals surface area contributed by atoms with Gasteiger partial charge in [0, 0.05) is 46.0 Å². The number of nitrogens with zero attached hydrogens (tertiary/aromatic N) is 2. The van der Waals surface area contributed by atoms with Crippen LogP contribution in [0.25, 0.3) is 6.08 Å². The van der Waals surface area contributed by atoms with Gasteiger partial charge in [-0.15, -0.1) is 11.3 Å². The predicted molar refractivity (Wildman–Crippen MR) is 147 cm³/mol. The number of phenolic OH excluding ortho intramolecular Hbond substituents is 1. The average Bonchev–Trinajstić information content (AvgIpc) is 3.46. The number of carbonyl (C=O) groups excluding carboxylic acids is 1. The molecule has 2 saturated carbocycles. The highest BCUT2D eigenvalue weighted by molar-refractivity contribution is 9.10. The Labute approximate surface area is 230 Å². The van der Waals surface area contributed by atoms with Crippen LogP contribution in [-0.2, 0) is 16.6 Å². The number of rotatable bonds is 5. The van der Waals surface area contributed by atoms with E-state index in [0.29, 0.717) is 12.2 Å². The Morgan fingerprint density at radius 3 is 2.92 bits per heavy atom. The van der Waals surface area contributed by atoms with Crippen LogP contribution in [0.3, 0.4) is 0 Å². The lowest BCUT2D eigenvalue weighted by Gasteiger charge is -2.66. The second-order valence-electron chi connectivity index (χ2n) is 11.9. The summed E-state index contributed by atoms with van der Waals surface area (Å²) in [6, 6.07) is 5.56. The smallest absolute Gasteiger partial charge is 0.246 e. The zero-order valence-electron chi connectivity index (χ0n) is 21.2. The van der Waals surface area contributed by atoms with E-state index in [-0.39, 0.29) is 29.7 Å². The number of phenols is 1. The zero-order chi connectivity index (χ0) is 25.7. The molecule has 3 heterocycles.